The Hall–Kier alpha value is -1.98. The lowest BCUT2D eigenvalue weighted by molar-refractivity contribution is 0.0497. The van der Waals surface area contributed by atoms with E-state index < -0.39 is 5.60 Å². The highest BCUT2D eigenvalue weighted by molar-refractivity contribution is 9.11. The molecule has 3 rings (SSSR count). The first-order valence-corrected chi connectivity index (χ1v) is 11.3. The van der Waals surface area contributed by atoms with Gasteiger partial charge in [-0.1, -0.05) is 0 Å². The molecule has 0 aromatic carbocycles. The molecular weight excluding hydrogens is 474 g/mol. The number of ether oxygens (including phenoxy) is 2. The lowest BCUT2D eigenvalue weighted by Gasteiger charge is -2.22. The fourth-order valence-corrected chi connectivity index (χ4v) is 3.55. The van der Waals surface area contributed by atoms with E-state index >= 15 is 0 Å². The highest BCUT2D eigenvalue weighted by Gasteiger charge is 2.20. The van der Waals surface area contributed by atoms with Crippen LogP contribution in [-0.2, 0) is 16.5 Å². The van der Waals surface area contributed by atoms with Gasteiger partial charge < -0.3 is 20.1 Å². The number of carbonyl (C=O) groups is 2. The number of hydrogen-bond acceptors (Lipinski definition) is 7. The molecule has 0 saturated carbocycles. The molecule has 1 unspecified atom stereocenters. The Morgan fingerprint density at radius 3 is 2.70 bits per heavy atom. The number of aromatic nitrogens is 3. The molecule has 166 valence electrons. The van der Waals surface area contributed by atoms with Gasteiger partial charge in [0.15, 0.2) is 3.92 Å². The maximum atomic E-state index is 11.6. The summed E-state index contributed by atoms with van der Waals surface area (Å²) < 4.78 is 12.8. The molecule has 1 fully saturated rings. The molecule has 0 aliphatic carbocycles. The van der Waals surface area contributed by atoms with Crippen LogP contribution in [0.2, 0.25) is 0 Å². The van der Waals surface area contributed by atoms with Gasteiger partial charge in [-0.3, -0.25) is 9.48 Å². The second kappa shape index (κ2) is 11.4. The SMILES string of the molecule is CC(C)(C)OC(=O)NC1CCCOCC1.Cn1cc(NC(=O)c2csc(Br)n2)cn1. The number of amides is 2. The van der Waals surface area contributed by atoms with Gasteiger partial charge in [-0.25, -0.2) is 9.78 Å². The topological polar surface area (TPSA) is 107 Å². The summed E-state index contributed by atoms with van der Waals surface area (Å²) in [6.07, 6.45) is 5.83. The van der Waals surface area contributed by atoms with E-state index in [1.54, 1.807) is 29.5 Å². The summed E-state index contributed by atoms with van der Waals surface area (Å²) in [6.45, 7) is 7.11. The molecule has 11 heteroatoms. The highest BCUT2D eigenvalue weighted by Crippen LogP contribution is 2.17. The van der Waals surface area contributed by atoms with Crippen LogP contribution in [0.1, 0.15) is 50.5 Å². The van der Waals surface area contributed by atoms with E-state index in [4.69, 9.17) is 9.47 Å². The van der Waals surface area contributed by atoms with Crippen molar-refractivity contribution < 1.29 is 19.1 Å². The number of carbonyl (C=O) groups excluding carboxylic acids is 2. The van der Waals surface area contributed by atoms with Crippen molar-refractivity contribution in [2.45, 2.75) is 51.7 Å². The van der Waals surface area contributed by atoms with Gasteiger partial charge in [-0.05, 0) is 56.0 Å². The Kier molecular flexibility index (Phi) is 9.25. The maximum Gasteiger partial charge on any atom is 0.407 e. The lowest BCUT2D eigenvalue weighted by Crippen LogP contribution is -2.39. The summed E-state index contributed by atoms with van der Waals surface area (Å²) in [5.74, 6) is -0.232. The van der Waals surface area contributed by atoms with Gasteiger partial charge in [0.05, 0.1) is 11.9 Å². The van der Waals surface area contributed by atoms with Crippen molar-refractivity contribution in [3.8, 4) is 0 Å². The molecule has 1 atom stereocenters. The summed E-state index contributed by atoms with van der Waals surface area (Å²) in [7, 11) is 1.79. The van der Waals surface area contributed by atoms with Gasteiger partial charge in [0.1, 0.15) is 11.3 Å². The van der Waals surface area contributed by atoms with Crippen molar-refractivity contribution in [3.05, 3.63) is 27.4 Å². The van der Waals surface area contributed by atoms with E-state index in [-0.39, 0.29) is 18.0 Å². The molecule has 30 heavy (non-hydrogen) atoms. The Labute approximate surface area is 188 Å². The summed E-state index contributed by atoms with van der Waals surface area (Å²) in [4.78, 5) is 27.1. The second-order valence-corrected chi connectivity index (χ2v) is 9.86. The van der Waals surface area contributed by atoms with Gasteiger partial charge >= 0.3 is 6.09 Å². The Morgan fingerprint density at radius 1 is 1.33 bits per heavy atom. The van der Waals surface area contributed by atoms with Crippen LogP contribution in [0.5, 0.6) is 0 Å². The molecule has 1 aliphatic heterocycles. The predicted octanol–water partition coefficient (Wildman–Crippen LogP) is 3.97. The molecule has 0 bridgehead atoms. The Morgan fingerprint density at radius 2 is 2.10 bits per heavy atom. The number of anilines is 1. The van der Waals surface area contributed by atoms with Crippen LogP contribution < -0.4 is 10.6 Å². The van der Waals surface area contributed by atoms with E-state index in [0.29, 0.717) is 15.3 Å². The third-order valence-electron chi connectivity index (χ3n) is 3.84. The molecule has 2 amide bonds. The second-order valence-electron chi connectivity index (χ2n) is 7.73. The molecule has 2 aromatic rings. The lowest BCUT2D eigenvalue weighted by atomic mass is 10.1. The first-order valence-electron chi connectivity index (χ1n) is 9.60. The highest BCUT2D eigenvalue weighted by atomic mass is 79.9. The zero-order valence-electron chi connectivity index (χ0n) is 17.6. The minimum atomic E-state index is -0.425. The van der Waals surface area contributed by atoms with Crippen molar-refractivity contribution in [1.82, 2.24) is 20.1 Å². The molecule has 1 saturated heterocycles. The van der Waals surface area contributed by atoms with Crippen molar-refractivity contribution in [1.29, 1.82) is 0 Å². The van der Waals surface area contributed by atoms with Gasteiger partial charge in [0, 0.05) is 37.9 Å². The summed E-state index contributed by atoms with van der Waals surface area (Å²) in [5.41, 5.74) is 0.632. The third kappa shape index (κ3) is 9.23. The molecule has 2 aromatic heterocycles. The first-order chi connectivity index (χ1) is 14.1. The van der Waals surface area contributed by atoms with Crippen LogP contribution in [-0.4, -0.2) is 51.6 Å². The quantitative estimate of drug-likeness (QED) is 0.658. The molecule has 2 N–H and O–H groups in total. The number of hydrogen-bond donors (Lipinski definition) is 2. The van der Waals surface area contributed by atoms with E-state index in [2.05, 4.69) is 36.6 Å². The van der Waals surface area contributed by atoms with Crippen LogP contribution in [0.15, 0.2) is 21.7 Å². The number of halogens is 1. The van der Waals surface area contributed by atoms with Crippen LogP contribution in [0.4, 0.5) is 10.5 Å². The van der Waals surface area contributed by atoms with Gasteiger partial charge in [0.25, 0.3) is 5.91 Å². The van der Waals surface area contributed by atoms with Crippen molar-refractivity contribution in [3.63, 3.8) is 0 Å². The maximum absolute atomic E-state index is 11.6. The number of thiazole rings is 1. The number of nitrogens with zero attached hydrogens (tertiary/aromatic N) is 3. The number of aryl methyl sites for hydroxylation is 1. The van der Waals surface area contributed by atoms with Crippen LogP contribution >= 0.6 is 27.3 Å². The average Bonchev–Trinajstić information content (AvgIpc) is 3.16. The Bertz CT molecular complexity index is 825. The van der Waals surface area contributed by atoms with Gasteiger partial charge in [-0.15, -0.1) is 11.3 Å². The molecule has 0 radical (unpaired) electrons. The zero-order valence-corrected chi connectivity index (χ0v) is 20.0. The van der Waals surface area contributed by atoms with Crippen molar-refractivity contribution in [2.24, 2.45) is 7.05 Å². The minimum absolute atomic E-state index is 0.197. The molecule has 0 spiro atoms. The van der Waals surface area contributed by atoms with Crippen LogP contribution in [0.3, 0.4) is 0 Å². The summed E-state index contributed by atoms with van der Waals surface area (Å²) in [6, 6.07) is 0.197. The normalized spacial score (nSPS) is 16.6. The standard InChI is InChI=1S/C11H21NO3.C8H7BrN4OS/c1-11(2,3)15-10(13)12-9-5-4-7-14-8-6-9;1-13-3-5(2-10-13)11-7(14)6-4-15-8(9)12-6/h9H,4-8H2,1-3H3,(H,12,13);2-4H,1H3,(H,11,14). The van der Waals surface area contributed by atoms with Crippen molar-refractivity contribution >= 4 is 45.0 Å². The smallest absolute Gasteiger partial charge is 0.407 e. The van der Waals surface area contributed by atoms with E-state index in [0.717, 1.165) is 32.5 Å². The van der Waals surface area contributed by atoms with E-state index in [9.17, 15) is 9.59 Å². The fourth-order valence-electron chi connectivity index (χ4n) is 2.56. The number of alkyl carbamates (subject to hydrolysis) is 1. The minimum Gasteiger partial charge on any atom is -0.444 e. The number of nitrogens with one attached hydrogen (secondary N) is 2. The molecule has 3 heterocycles. The van der Waals surface area contributed by atoms with E-state index in [1.807, 2.05) is 20.8 Å². The average molecular weight is 502 g/mol. The molecular formula is C19H28BrN5O4S. The molecule has 1 aliphatic rings. The van der Waals surface area contributed by atoms with Gasteiger partial charge in [-0.2, -0.15) is 5.10 Å². The summed E-state index contributed by atoms with van der Waals surface area (Å²) >= 11 is 4.57. The third-order valence-corrected chi connectivity index (χ3v) is 5.21. The molecule has 9 nitrogen and oxygen atoms in total. The Balaban J connectivity index is 0.000000214. The fraction of sp³-hybridized carbons (Fsp3) is 0.579. The summed E-state index contributed by atoms with van der Waals surface area (Å²) in [5, 5.41) is 11.2. The van der Waals surface area contributed by atoms with Crippen LogP contribution in [0, 0.1) is 0 Å². The van der Waals surface area contributed by atoms with E-state index in [1.165, 1.54) is 11.3 Å². The number of rotatable bonds is 3. The van der Waals surface area contributed by atoms with Crippen LogP contribution in [0.25, 0.3) is 0 Å². The first kappa shape index (κ1) is 24.3. The monoisotopic (exact) mass is 501 g/mol. The predicted molar refractivity (Wildman–Crippen MR) is 119 cm³/mol. The van der Waals surface area contributed by atoms with Crippen molar-refractivity contribution in [2.75, 3.05) is 18.5 Å². The largest absolute Gasteiger partial charge is 0.444 e. The van der Waals surface area contributed by atoms with Gasteiger partial charge in [0.2, 0.25) is 0 Å². The zero-order chi connectivity index (χ0) is 22.1.